The molecule has 0 atom stereocenters. The summed E-state index contributed by atoms with van der Waals surface area (Å²) in [6, 6.07) is 67.5. The van der Waals surface area contributed by atoms with Crippen molar-refractivity contribution in [2.45, 2.75) is 78.6 Å². The van der Waals surface area contributed by atoms with Crippen molar-refractivity contribution < 1.29 is 4.42 Å². The highest BCUT2D eigenvalue weighted by molar-refractivity contribution is 6.29. The summed E-state index contributed by atoms with van der Waals surface area (Å²) in [6.07, 6.45) is 0. The number of para-hydroxylation sites is 2. The van der Waals surface area contributed by atoms with Gasteiger partial charge in [-0.1, -0.05) is 135 Å². The van der Waals surface area contributed by atoms with Crippen LogP contribution in [0.4, 0.5) is 34.1 Å². The van der Waals surface area contributed by atoms with Crippen LogP contribution in [0.3, 0.4) is 0 Å². The molecule has 12 aromatic rings. The Morgan fingerprint density at radius 1 is 0.353 bits per heavy atom. The molecule has 0 aliphatic heterocycles. The average Bonchev–Trinajstić information content (AvgIpc) is 3.96. The van der Waals surface area contributed by atoms with Crippen molar-refractivity contribution in [3.8, 4) is 0 Å². The Hall–Kier alpha value is -7.56. The molecule has 3 aromatic heterocycles. The first kappa shape index (κ1) is 41.8. The van der Waals surface area contributed by atoms with Crippen LogP contribution < -0.4 is 9.80 Å². The van der Waals surface area contributed by atoms with Crippen LogP contribution in [0.15, 0.2) is 186 Å². The SMILES string of the molecule is CC(C)(C)c1ccc(N(c2ccccc2)c2ccc3c4cc5cc6oc7cc(N(c8ccccc8)c8cccc(C(C)(C)C)c8)ccc7c6cc5cc4n4c5ccc(C(C)(C)C)cc5c2c34)cc1. The largest absolute Gasteiger partial charge is 0.456 e. The fourth-order valence-electron chi connectivity index (χ4n) is 10.6. The Kier molecular flexibility index (Phi) is 9.21. The lowest BCUT2D eigenvalue weighted by Crippen LogP contribution is -2.14. The van der Waals surface area contributed by atoms with Gasteiger partial charge in [-0.25, -0.2) is 0 Å². The quantitative estimate of drug-likeness (QED) is 0.166. The molecule has 12 rings (SSSR count). The molecule has 0 saturated carbocycles. The van der Waals surface area contributed by atoms with E-state index in [9.17, 15) is 0 Å². The summed E-state index contributed by atoms with van der Waals surface area (Å²) < 4.78 is 9.37. The van der Waals surface area contributed by atoms with Gasteiger partial charge in [0.05, 0.1) is 22.2 Å². The molecule has 0 bridgehead atoms. The molecule has 334 valence electrons. The van der Waals surface area contributed by atoms with Crippen molar-refractivity contribution in [1.82, 2.24) is 4.40 Å². The maximum atomic E-state index is 6.84. The van der Waals surface area contributed by atoms with Crippen molar-refractivity contribution in [2.24, 2.45) is 0 Å². The molecule has 0 N–H and O–H groups in total. The number of aromatic nitrogens is 1. The standard InChI is InChI=1S/C64H57N3O/c1-62(2,3)42-23-26-47(27-24-42)66(46-20-14-11-15-21-46)56-32-30-51-52-33-41-36-58-53(34-40(41)35-57(52)67-55-31-25-44(64(7,8)9)38-54(55)60(56)61(51)67)50-29-28-49(39-59(50)68-58)65(45-18-12-10-13-19-45)48-22-16-17-43(37-48)63(4,5)6/h10-39H,1-9H3. The Morgan fingerprint density at radius 2 is 0.897 bits per heavy atom. The highest BCUT2D eigenvalue weighted by atomic mass is 16.3. The molecule has 0 unspecified atom stereocenters. The normalized spacial score (nSPS) is 12.8. The number of hydrogen-bond donors (Lipinski definition) is 0. The molecular weight excluding hydrogens is 827 g/mol. The first-order chi connectivity index (χ1) is 32.6. The van der Waals surface area contributed by atoms with E-state index in [1.54, 1.807) is 0 Å². The van der Waals surface area contributed by atoms with E-state index < -0.39 is 0 Å². The van der Waals surface area contributed by atoms with Gasteiger partial charge in [-0.2, -0.15) is 0 Å². The van der Waals surface area contributed by atoms with Crippen molar-refractivity contribution in [2.75, 3.05) is 9.80 Å². The zero-order valence-electron chi connectivity index (χ0n) is 40.6. The monoisotopic (exact) mass is 883 g/mol. The van der Waals surface area contributed by atoms with Crippen molar-refractivity contribution in [3.63, 3.8) is 0 Å². The zero-order valence-corrected chi connectivity index (χ0v) is 40.6. The molecular formula is C64H57N3O. The first-order valence-corrected chi connectivity index (χ1v) is 24.1. The van der Waals surface area contributed by atoms with Crippen LogP contribution in [0.25, 0.3) is 70.8 Å². The van der Waals surface area contributed by atoms with Gasteiger partial charge < -0.3 is 18.6 Å². The highest BCUT2D eigenvalue weighted by Crippen LogP contribution is 2.49. The van der Waals surface area contributed by atoms with E-state index in [1.165, 1.54) is 65.9 Å². The molecule has 4 nitrogen and oxygen atoms in total. The van der Waals surface area contributed by atoms with Crippen LogP contribution in [0.5, 0.6) is 0 Å². The summed E-state index contributed by atoms with van der Waals surface area (Å²) in [5.41, 5.74) is 16.1. The predicted octanol–water partition coefficient (Wildman–Crippen LogP) is 18.7. The van der Waals surface area contributed by atoms with Crippen LogP contribution in [0.2, 0.25) is 0 Å². The topological polar surface area (TPSA) is 24.0 Å². The van der Waals surface area contributed by atoms with E-state index in [-0.39, 0.29) is 16.2 Å². The fraction of sp³-hybridized carbons (Fsp3) is 0.188. The number of fused-ring (bicyclic) bond motifs is 10. The molecule has 4 heteroatoms. The van der Waals surface area contributed by atoms with Gasteiger partial charge in [-0.15, -0.1) is 0 Å². The van der Waals surface area contributed by atoms with Crippen LogP contribution in [-0.4, -0.2) is 4.40 Å². The summed E-state index contributed by atoms with van der Waals surface area (Å²) >= 11 is 0. The molecule has 0 saturated heterocycles. The van der Waals surface area contributed by atoms with Crippen LogP contribution in [-0.2, 0) is 16.2 Å². The van der Waals surface area contributed by atoms with E-state index in [1.807, 2.05) is 0 Å². The Balaban J connectivity index is 1.06. The lowest BCUT2D eigenvalue weighted by atomic mass is 9.86. The second-order valence-electron chi connectivity index (χ2n) is 22.0. The molecule has 0 radical (unpaired) electrons. The average molecular weight is 884 g/mol. The third-order valence-corrected chi connectivity index (χ3v) is 14.3. The van der Waals surface area contributed by atoms with Gasteiger partial charge in [0, 0.05) is 66.8 Å². The Morgan fingerprint density at radius 3 is 1.59 bits per heavy atom. The van der Waals surface area contributed by atoms with Gasteiger partial charge in [-0.05, 0) is 147 Å². The summed E-state index contributed by atoms with van der Waals surface area (Å²) in [7, 11) is 0. The van der Waals surface area contributed by atoms with E-state index >= 15 is 0 Å². The lowest BCUT2D eigenvalue weighted by molar-refractivity contribution is 0.590. The zero-order chi connectivity index (χ0) is 46.9. The number of hydrogen-bond acceptors (Lipinski definition) is 3. The van der Waals surface area contributed by atoms with Crippen LogP contribution in [0.1, 0.15) is 79.0 Å². The highest BCUT2D eigenvalue weighted by Gasteiger charge is 2.27. The van der Waals surface area contributed by atoms with Gasteiger partial charge in [0.15, 0.2) is 0 Å². The van der Waals surface area contributed by atoms with Gasteiger partial charge in [-0.3, -0.25) is 0 Å². The minimum absolute atomic E-state index is 0.0167. The van der Waals surface area contributed by atoms with E-state index in [2.05, 4.69) is 259 Å². The second kappa shape index (κ2) is 15.0. The smallest absolute Gasteiger partial charge is 0.137 e. The van der Waals surface area contributed by atoms with Gasteiger partial charge in [0.25, 0.3) is 0 Å². The van der Waals surface area contributed by atoms with Crippen molar-refractivity contribution >= 4 is 105 Å². The van der Waals surface area contributed by atoms with Gasteiger partial charge >= 0.3 is 0 Å². The molecule has 0 aliphatic rings. The summed E-state index contributed by atoms with van der Waals surface area (Å²) in [5.74, 6) is 0. The van der Waals surface area contributed by atoms with E-state index in [0.29, 0.717) is 0 Å². The fourth-order valence-corrected chi connectivity index (χ4v) is 10.6. The van der Waals surface area contributed by atoms with E-state index in [0.717, 1.165) is 55.8 Å². The van der Waals surface area contributed by atoms with Crippen LogP contribution in [0, 0.1) is 0 Å². The first-order valence-electron chi connectivity index (χ1n) is 24.1. The van der Waals surface area contributed by atoms with Gasteiger partial charge in [0.1, 0.15) is 11.2 Å². The third kappa shape index (κ3) is 6.72. The van der Waals surface area contributed by atoms with E-state index in [4.69, 9.17) is 4.42 Å². The van der Waals surface area contributed by atoms with Crippen molar-refractivity contribution in [1.29, 1.82) is 0 Å². The number of benzene rings is 9. The second-order valence-corrected chi connectivity index (χ2v) is 22.0. The number of furan rings is 1. The predicted molar refractivity (Wildman–Crippen MR) is 291 cm³/mol. The minimum Gasteiger partial charge on any atom is -0.456 e. The molecule has 0 spiro atoms. The summed E-state index contributed by atoms with van der Waals surface area (Å²) in [4.78, 5) is 4.78. The lowest BCUT2D eigenvalue weighted by Gasteiger charge is -2.28. The number of nitrogens with zero attached hydrogens (tertiary/aromatic N) is 3. The summed E-state index contributed by atoms with van der Waals surface area (Å²) in [5, 5.41) is 9.58. The summed E-state index contributed by atoms with van der Waals surface area (Å²) in [6.45, 7) is 20.6. The number of anilines is 6. The third-order valence-electron chi connectivity index (χ3n) is 14.3. The molecule has 0 amide bonds. The maximum absolute atomic E-state index is 6.84. The molecule has 0 fully saturated rings. The number of rotatable bonds is 6. The molecule has 9 aromatic carbocycles. The van der Waals surface area contributed by atoms with Gasteiger partial charge in [0.2, 0.25) is 0 Å². The minimum atomic E-state index is -0.0167. The Labute approximate surface area is 399 Å². The van der Waals surface area contributed by atoms with Crippen molar-refractivity contribution in [3.05, 3.63) is 199 Å². The Bertz CT molecular complexity index is 3890. The molecule has 0 aliphatic carbocycles. The molecule has 3 heterocycles. The maximum Gasteiger partial charge on any atom is 0.137 e. The van der Waals surface area contributed by atoms with Crippen LogP contribution >= 0.6 is 0 Å². The molecule has 68 heavy (non-hydrogen) atoms.